The molecular weight excluding hydrogens is 419 g/mol. The number of carbonyl (C=O) groups is 2. The first kappa shape index (κ1) is 22.6. The lowest BCUT2D eigenvalue weighted by molar-refractivity contribution is -0.133. The second-order valence-corrected chi connectivity index (χ2v) is 8.41. The molecular formula is C26H27FN4O2. The summed E-state index contributed by atoms with van der Waals surface area (Å²) in [6, 6.07) is 14.3. The van der Waals surface area contributed by atoms with Crippen LogP contribution in [-0.4, -0.2) is 46.3 Å². The van der Waals surface area contributed by atoms with Crippen LogP contribution in [0.1, 0.15) is 35.8 Å². The minimum atomic E-state index is -0.744. The minimum Gasteiger partial charge on any atom is -0.356 e. The van der Waals surface area contributed by atoms with Crippen LogP contribution in [0.15, 0.2) is 67.1 Å². The van der Waals surface area contributed by atoms with Crippen molar-refractivity contribution in [3.63, 3.8) is 0 Å². The van der Waals surface area contributed by atoms with Gasteiger partial charge in [0.2, 0.25) is 5.91 Å². The van der Waals surface area contributed by atoms with E-state index in [9.17, 15) is 14.0 Å². The molecule has 0 spiro atoms. The standard InChI is InChI=1S/C26H27FN4O2/c1-2-29-25(33)26(12-5-15-31(18-26)24(32)23-17-28-13-14-30-23)16-19-8-10-20(11-9-19)21-6-3-4-7-22(21)27/h3-4,6-11,13-14,17H,2,5,12,15-16,18H2,1H3,(H,29,33)/t26-/m1/s1. The number of carbonyl (C=O) groups excluding carboxylic acids is 2. The Hall–Kier alpha value is -3.61. The summed E-state index contributed by atoms with van der Waals surface area (Å²) in [5.74, 6) is -0.541. The van der Waals surface area contributed by atoms with Gasteiger partial charge >= 0.3 is 0 Å². The lowest BCUT2D eigenvalue weighted by Gasteiger charge is -2.41. The maximum absolute atomic E-state index is 14.2. The molecule has 1 aliphatic heterocycles. The van der Waals surface area contributed by atoms with Gasteiger partial charge < -0.3 is 10.2 Å². The minimum absolute atomic E-state index is 0.0557. The number of hydrogen-bond acceptors (Lipinski definition) is 4. The number of hydrogen-bond donors (Lipinski definition) is 1. The number of aromatic nitrogens is 2. The first-order valence-electron chi connectivity index (χ1n) is 11.2. The van der Waals surface area contributed by atoms with Crippen molar-refractivity contribution in [3.8, 4) is 11.1 Å². The van der Waals surface area contributed by atoms with Crippen molar-refractivity contribution in [2.75, 3.05) is 19.6 Å². The van der Waals surface area contributed by atoms with Gasteiger partial charge in [0.25, 0.3) is 5.91 Å². The van der Waals surface area contributed by atoms with E-state index in [1.54, 1.807) is 23.1 Å². The molecule has 7 heteroatoms. The molecule has 33 heavy (non-hydrogen) atoms. The molecule has 170 valence electrons. The Balaban J connectivity index is 1.59. The van der Waals surface area contributed by atoms with Crippen LogP contribution in [0.3, 0.4) is 0 Å². The Kier molecular flexibility index (Phi) is 6.77. The van der Waals surface area contributed by atoms with Gasteiger partial charge in [0.1, 0.15) is 11.5 Å². The van der Waals surface area contributed by atoms with Gasteiger partial charge in [-0.15, -0.1) is 0 Å². The zero-order chi connectivity index (χ0) is 23.3. The maximum Gasteiger partial charge on any atom is 0.274 e. The molecule has 0 saturated carbocycles. The quantitative estimate of drug-likeness (QED) is 0.624. The van der Waals surface area contributed by atoms with Gasteiger partial charge in [0.15, 0.2) is 0 Å². The first-order valence-corrected chi connectivity index (χ1v) is 11.2. The van der Waals surface area contributed by atoms with E-state index in [1.807, 2.05) is 31.2 Å². The summed E-state index contributed by atoms with van der Waals surface area (Å²) in [4.78, 5) is 36.1. The molecule has 2 amide bonds. The van der Waals surface area contributed by atoms with Gasteiger partial charge in [-0.3, -0.25) is 14.6 Å². The maximum atomic E-state index is 14.2. The Bertz CT molecular complexity index is 1120. The number of amides is 2. The van der Waals surface area contributed by atoms with Crippen LogP contribution in [0.2, 0.25) is 0 Å². The van der Waals surface area contributed by atoms with Gasteiger partial charge in [0.05, 0.1) is 11.6 Å². The number of likely N-dealkylation sites (tertiary alicyclic amines) is 1. The highest BCUT2D eigenvalue weighted by Gasteiger charge is 2.43. The fraction of sp³-hybridized carbons (Fsp3) is 0.308. The number of nitrogens with one attached hydrogen (secondary N) is 1. The van der Waals surface area contributed by atoms with Crippen molar-refractivity contribution in [3.05, 3.63) is 84.2 Å². The van der Waals surface area contributed by atoms with Gasteiger partial charge in [-0.1, -0.05) is 42.5 Å². The highest BCUT2D eigenvalue weighted by Crippen LogP contribution is 2.35. The molecule has 0 unspecified atom stereocenters. The van der Waals surface area contributed by atoms with Crippen molar-refractivity contribution in [1.29, 1.82) is 0 Å². The molecule has 1 atom stereocenters. The van der Waals surface area contributed by atoms with Crippen LogP contribution >= 0.6 is 0 Å². The largest absolute Gasteiger partial charge is 0.356 e. The van der Waals surface area contributed by atoms with E-state index in [0.717, 1.165) is 17.5 Å². The molecule has 0 radical (unpaired) electrons. The van der Waals surface area contributed by atoms with Crippen LogP contribution in [0, 0.1) is 11.2 Å². The zero-order valence-corrected chi connectivity index (χ0v) is 18.6. The van der Waals surface area contributed by atoms with Crippen molar-refractivity contribution in [2.24, 2.45) is 5.41 Å². The summed E-state index contributed by atoms with van der Waals surface area (Å²) in [7, 11) is 0. The monoisotopic (exact) mass is 446 g/mol. The molecule has 1 aromatic heterocycles. The van der Waals surface area contributed by atoms with Crippen molar-refractivity contribution in [1.82, 2.24) is 20.2 Å². The fourth-order valence-electron chi connectivity index (χ4n) is 4.52. The Morgan fingerprint density at radius 2 is 1.91 bits per heavy atom. The smallest absolute Gasteiger partial charge is 0.274 e. The van der Waals surface area contributed by atoms with Crippen LogP contribution in [0.25, 0.3) is 11.1 Å². The predicted octanol–water partition coefficient (Wildman–Crippen LogP) is 3.88. The van der Waals surface area contributed by atoms with Crippen LogP contribution in [-0.2, 0) is 11.2 Å². The predicted molar refractivity (Wildman–Crippen MR) is 124 cm³/mol. The molecule has 1 aliphatic rings. The van der Waals surface area contributed by atoms with Gasteiger partial charge in [-0.05, 0) is 43.4 Å². The normalized spacial score (nSPS) is 18.1. The molecule has 2 heterocycles. The lowest BCUT2D eigenvalue weighted by Crippen LogP contribution is -2.54. The molecule has 1 N–H and O–H groups in total. The van der Waals surface area contributed by atoms with E-state index in [1.165, 1.54) is 24.7 Å². The van der Waals surface area contributed by atoms with E-state index in [4.69, 9.17) is 0 Å². The summed E-state index contributed by atoms with van der Waals surface area (Å²) in [6.07, 6.45) is 6.35. The number of nitrogens with zero attached hydrogens (tertiary/aromatic N) is 3. The van der Waals surface area contributed by atoms with E-state index >= 15 is 0 Å². The second-order valence-electron chi connectivity index (χ2n) is 8.41. The molecule has 3 aromatic rings. The highest BCUT2D eigenvalue weighted by molar-refractivity contribution is 5.93. The van der Waals surface area contributed by atoms with E-state index in [-0.39, 0.29) is 23.3 Å². The summed E-state index contributed by atoms with van der Waals surface area (Å²) in [6.45, 7) is 3.29. The molecule has 1 saturated heterocycles. The molecule has 6 nitrogen and oxygen atoms in total. The molecule has 2 aromatic carbocycles. The number of benzene rings is 2. The molecule has 0 aliphatic carbocycles. The van der Waals surface area contributed by atoms with E-state index in [2.05, 4.69) is 15.3 Å². The molecule has 0 bridgehead atoms. The summed E-state index contributed by atoms with van der Waals surface area (Å²) in [5, 5.41) is 2.97. The number of halogens is 1. The van der Waals surface area contributed by atoms with Crippen LogP contribution in [0.4, 0.5) is 4.39 Å². The average Bonchev–Trinajstić information content (AvgIpc) is 2.85. The lowest BCUT2D eigenvalue weighted by atomic mass is 9.74. The molecule has 1 fully saturated rings. The zero-order valence-electron chi connectivity index (χ0n) is 18.6. The Morgan fingerprint density at radius 1 is 1.12 bits per heavy atom. The third kappa shape index (κ3) is 4.92. The summed E-state index contributed by atoms with van der Waals surface area (Å²) in [5.41, 5.74) is 1.83. The fourth-order valence-corrected chi connectivity index (χ4v) is 4.52. The number of rotatable bonds is 6. The van der Waals surface area contributed by atoms with E-state index in [0.29, 0.717) is 38.0 Å². The first-order chi connectivity index (χ1) is 16.0. The highest BCUT2D eigenvalue weighted by atomic mass is 19.1. The SMILES string of the molecule is CCNC(=O)[C@@]1(Cc2ccc(-c3ccccc3F)cc2)CCCN(C(=O)c2cnccn2)C1. The Morgan fingerprint density at radius 3 is 2.61 bits per heavy atom. The van der Waals surface area contributed by atoms with E-state index < -0.39 is 5.41 Å². The summed E-state index contributed by atoms with van der Waals surface area (Å²) >= 11 is 0. The topological polar surface area (TPSA) is 75.2 Å². The third-order valence-electron chi connectivity index (χ3n) is 6.15. The summed E-state index contributed by atoms with van der Waals surface area (Å²) < 4.78 is 14.2. The second kappa shape index (κ2) is 9.90. The van der Waals surface area contributed by atoms with Gasteiger partial charge in [0, 0.05) is 37.6 Å². The van der Waals surface area contributed by atoms with Gasteiger partial charge in [-0.2, -0.15) is 0 Å². The van der Waals surface area contributed by atoms with Crippen molar-refractivity contribution < 1.29 is 14.0 Å². The molecule has 4 rings (SSSR count). The van der Waals surface area contributed by atoms with Crippen LogP contribution < -0.4 is 5.32 Å². The third-order valence-corrected chi connectivity index (χ3v) is 6.15. The average molecular weight is 447 g/mol. The van der Waals surface area contributed by atoms with Gasteiger partial charge in [-0.25, -0.2) is 9.37 Å². The number of piperidine rings is 1. The Labute approximate surface area is 192 Å². The van der Waals surface area contributed by atoms with Crippen molar-refractivity contribution >= 4 is 11.8 Å². The van der Waals surface area contributed by atoms with Crippen LogP contribution in [0.5, 0.6) is 0 Å². The van der Waals surface area contributed by atoms with Crippen molar-refractivity contribution in [2.45, 2.75) is 26.2 Å².